The molecule has 1 aromatic carbocycles. The largest absolute Gasteiger partial charge is 0.364 e. The normalized spacial score (nSPS) is 26.5. The molecule has 0 aromatic heterocycles. The lowest BCUT2D eigenvalue weighted by Crippen LogP contribution is -2.05. The van der Waals surface area contributed by atoms with Gasteiger partial charge in [-0.3, -0.25) is 0 Å². The second-order valence-corrected chi connectivity index (χ2v) is 3.78. The van der Waals surface area contributed by atoms with Crippen LogP contribution in [0.15, 0.2) is 24.3 Å². The number of hydrogen-bond acceptors (Lipinski definition) is 2. The molecule has 1 aliphatic rings. The van der Waals surface area contributed by atoms with Gasteiger partial charge >= 0.3 is 0 Å². The average Bonchev–Trinajstić information content (AvgIpc) is 2.45. The summed E-state index contributed by atoms with van der Waals surface area (Å²) in [6.45, 7) is 4.19. The van der Waals surface area contributed by atoms with Crippen LogP contribution in [0.1, 0.15) is 37.4 Å². The van der Waals surface area contributed by atoms with Gasteiger partial charge < -0.3 is 9.84 Å². The van der Waals surface area contributed by atoms with Crippen LogP contribution in [-0.4, -0.2) is 5.11 Å². The van der Waals surface area contributed by atoms with Crippen molar-refractivity contribution in [2.24, 2.45) is 5.92 Å². The smallest absolute Gasteiger partial charge is 0.182 e. The number of benzene rings is 1. The Bertz CT molecular complexity index is 307. The van der Waals surface area contributed by atoms with Gasteiger partial charge in [0.25, 0.3) is 0 Å². The van der Waals surface area contributed by atoms with Gasteiger partial charge in [0, 0.05) is 5.56 Å². The third kappa shape index (κ3) is 1.36. The van der Waals surface area contributed by atoms with Crippen LogP contribution in [0.2, 0.25) is 0 Å². The molecule has 2 heteroatoms. The van der Waals surface area contributed by atoms with Crippen molar-refractivity contribution in [2.45, 2.75) is 26.2 Å². The zero-order valence-electron chi connectivity index (χ0n) is 7.90. The summed E-state index contributed by atoms with van der Waals surface area (Å²) in [5.74, 6) is 0.401. The lowest BCUT2D eigenvalue weighted by Gasteiger charge is -2.15. The van der Waals surface area contributed by atoms with Crippen molar-refractivity contribution in [1.29, 1.82) is 0 Å². The number of aliphatic hydroxyl groups is 1. The SMILES string of the molecule is CC(C)[C@H]1O[C@@H](O)c2ccccc21. The van der Waals surface area contributed by atoms with Gasteiger partial charge in [0.2, 0.25) is 0 Å². The highest BCUT2D eigenvalue weighted by Gasteiger charge is 2.31. The van der Waals surface area contributed by atoms with Crippen LogP contribution in [-0.2, 0) is 4.74 Å². The monoisotopic (exact) mass is 178 g/mol. The first-order valence-corrected chi connectivity index (χ1v) is 4.62. The molecule has 1 aromatic rings. The van der Waals surface area contributed by atoms with E-state index in [0.717, 1.165) is 11.1 Å². The minimum atomic E-state index is -0.733. The number of fused-ring (bicyclic) bond motifs is 1. The van der Waals surface area contributed by atoms with E-state index in [1.165, 1.54) is 0 Å². The van der Waals surface area contributed by atoms with Crippen molar-refractivity contribution in [1.82, 2.24) is 0 Å². The maximum Gasteiger partial charge on any atom is 0.182 e. The highest BCUT2D eigenvalue weighted by atomic mass is 16.6. The third-order valence-electron chi connectivity index (χ3n) is 2.45. The van der Waals surface area contributed by atoms with Gasteiger partial charge in [-0.1, -0.05) is 38.1 Å². The summed E-state index contributed by atoms with van der Waals surface area (Å²) in [6, 6.07) is 7.85. The Hall–Kier alpha value is -0.860. The van der Waals surface area contributed by atoms with Crippen molar-refractivity contribution in [3.8, 4) is 0 Å². The van der Waals surface area contributed by atoms with Gasteiger partial charge in [-0.2, -0.15) is 0 Å². The Labute approximate surface area is 78.2 Å². The molecule has 0 saturated carbocycles. The summed E-state index contributed by atoms with van der Waals surface area (Å²) in [7, 11) is 0. The minimum Gasteiger partial charge on any atom is -0.364 e. The molecule has 2 atom stereocenters. The Balaban J connectivity index is 2.41. The van der Waals surface area contributed by atoms with Gasteiger partial charge in [-0.15, -0.1) is 0 Å². The van der Waals surface area contributed by atoms with E-state index in [1.54, 1.807) is 0 Å². The summed E-state index contributed by atoms with van der Waals surface area (Å²) in [5.41, 5.74) is 2.05. The fourth-order valence-electron chi connectivity index (χ4n) is 1.80. The topological polar surface area (TPSA) is 29.5 Å². The molecular weight excluding hydrogens is 164 g/mol. The van der Waals surface area contributed by atoms with Crippen molar-refractivity contribution in [3.05, 3.63) is 35.4 Å². The van der Waals surface area contributed by atoms with E-state index in [2.05, 4.69) is 13.8 Å². The van der Waals surface area contributed by atoms with Gasteiger partial charge in [0.05, 0.1) is 6.10 Å². The Morgan fingerprint density at radius 1 is 1.23 bits per heavy atom. The molecule has 13 heavy (non-hydrogen) atoms. The van der Waals surface area contributed by atoms with Gasteiger partial charge in [0.1, 0.15) is 0 Å². The van der Waals surface area contributed by atoms with Crippen LogP contribution in [0.4, 0.5) is 0 Å². The standard InChI is InChI=1S/C11H14O2/c1-7(2)10-8-5-3-4-6-9(8)11(12)13-10/h3-7,10-12H,1-2H3/t10-,11-/m1/s1. The predicted molar refractivity (Wildman–Crippen MR) is 50.1 cm³/mol. The minimum absolute atomic E-state index is 0.0474. The Morgan fingerprint density at radius 2 is 1.85 bits per heavy atom. The van der Waals surface area contributed by atoms with E-state index >= 15 is 0 Å². The molecule has 1 aliphatic heterocycles. The Morgan fingerprint density at radius 3 is 2.46 bits per heavy atom. The molecule has 0 fully saturated rings. The van der Waals surface area contributed by atoms with Crippen molar-refractivity contribution in [3.63, 3.8) is 0 Å². The molecule has 2 nitrogen and oxygen atoms in total. The zero-order chi connectivity index (χ0) is 9.42. The fourth-order valence-corrected chi connectivity index (χ4v) is 1.80. The lowest BCUT2D eigenvalue weighted by atomic mass is 9.97. The Kier molecular flexibility index (Phi) is 2.10. The number of ether oxygens (including phenoxy) is 1. The summed E-state index contributed by atoms with van der Waals surface area (Å²) < 4.78 is 5.45. The van der Waals surface area contributed by atoms with E-state index in [1.807, 2.05) is 24.3 Å². The van der Waals surface area contributed by atoms with Gasteiger partial charge in [0.15, 0.2) is 6.29 Å². The molecule has 0 unspecified atom stereocenters. The quantitative estimate of drug-likeness (QED) is 0.715. The molecule has 0 saturated heterocycles. The third-order valence-corrected chi connectivity index (χ3v) is 2.45. The second-order valence-electron chi connectivity index (χ2n) is 3.78. The van der Waals surface area contributed by atoms with Crippen LogP contribution >= 0.6 is 0 Å². The highest BCUT2D eigenvalue weighted by Crippen LogP contribution is 2.40. The molecule has 2 rings (SSSR count). The predicted octanol–water partition coefficient (Wildman–Crippen LogP) is 2.40. The molecule has 70 valence electrons. The maximum atomic E-state index is 9.58. The molecule has 0 aliphatic carbocycles. The highest BCUT2D eigenvalue weighted by molar-refractivity contribution is 5.33. The van der Waals surface area contributed by atoms with Crippen molar-refractivity contribution >= 4 is 0 Å². The molecule has 1 heterocycles. The molecule has 0 amide bonds. The molecule has 1 N–H and O–H groups in total. The fraction of sp³-hybridized carbons (Fsp3) is 0.455. The zero-order valence-corrected chi connectivity index (χ0v) is 7.90. The van der Waals surface area contributed by atoms with Crippen LogP contribution in [0.5, 0.6) is 0 Å². The van der Waals surface area contributed by atoms with Gasteiger partial charge in [-0.25, -0.2) is 0 Å². The summed E-state index contributed by atoms with van der Waals surface area (Å²) in [4.78, 5) is 0. The first kappa shape index (κ1) is 8.73. The van der Waals surface area contributed by atoms with E-state index in [0.29, 0.717) is 5.92 Å². The van der Waals surface area contributed by atoms with E-state index in [4.69, 9.17) is 4.74 Å². The lowest BCUT2D eigenvalue weighted by molar-refractivity contribution is -0.132. The number of hydrogen-bond donors (Lipinski definition) is 1. The molecular formula is C11H14O2. The van der Waals surface area contributed by atoms with Crippen LogP contribution < -0.4 is 0 Å². The number of aliphatic hydroxyl groups excluding tert-OH is 1. The summed E-state index contributed by atoms with van der Waals surface area (Å²) in [6.07, 6.45) is -0.685. The van der Waals surface area contributed by atoms with Crippen molar-refractivity contribution in [2.75, 3.05) is 0 Å². The number of rotatable bonds is 1. The average molecular weight is 178 g/mol. The first-order valence-electron chi connectivity index (χ1n) is 4.62. The second kappa shape index (κ2) is 3.13. The molecule has 0 radical (unpaired) electrons. The van der Waals surface area contributed by atoms with Crippen LogP contribution in [0, 0.1) is 5.92 Å². The van der Waals surface area contributed by atoms with Crippen LogP contribution in [0.25, 0.3) is 0 Å². The summed E-state index contributed by atoms with van der Waals surface area (Å²) >= 11 is 0. The summed E-state index contributed by atoms with van der Waals surface area (Å²) in [5, 5.41) is 9.58. The maximum absolute atomic E-state index is 9.58. The van der Waals surface area contributed by atoms with E-state index in [-0.39, 0.29) is 6.10 Å². The first-order chi connectivity index (χ1) is 6.20. The molecule has 0 bridgehead atoms. The van der Waals surface area contributed by atoms with Crippen LogP contribution in [0.3, 0.4) is 0 Å². The van der Waals surface area contributed by atoms with E-state index < -0.39 is 6.29 Å². The van der Waals surface area contributed by atoms with E-state index in [9.17, 15) is 5.11 Å². The molecule has 0 spiro atoms. The van der Waals surface area contributed by atoms with Crippen molar-refractivity contribution < 1.29 is 9.84 Å². The van der Waals surface area contributed by atoms with Gasteiger partial charge in [-0.05, 0) is 11.5 Å².